The molecule has 14 heavy (non-hydrogen) atoms. The molecule has 0 fully saturated rings. The second kappa shape index (κ2) is 5.56. The van der Waals surface area contributed by atoms with Crippen LogP contribution in [-0.4, -0.2) is 22.9 Å². The number of halogens is 2. The van der Waals surface area contributed by atoms with Crippen molar-refractivity contribution in [2.45, 2.75) is 19.9 Å². The van der Waals surface area contributed by atoms with Crippen LogP contribution >= 0.6 is 27.5 Å². The normalized spacial score (nSPS) is 10.6. The standard InChI is InChI=1S/C10H14BrClN2/c1-8(2)14(6-5-11)10-4-3-9(12)7-13-10/h3-4,7-8H,5-6H2,1-2H3. The molecule has 0 saturated heterocycles. The van der Waals surface area contributed by atoms with Crippen molar-refractivity contribution in [3.8, 4) is 0 Å². The molecule has 0 aliphatic rings. The fourth-order valence-corrected chi connectivity index (χ4v) is 1.76. The summed E-state index contributed by atoms with van der Waals surface area (Å²) in [5, 5.41) is 1.62. The minimum Gasteiger partial charge on any atom is -0.353 e. The number of nitrogens with zero attached hydrogens (tertiary/aromatic N) is 2. The van der Waals surface area contributed by atoms with Gasteiger partial charge in [-0.1, -0.05) is 27.5 Å². The van der Waals surface area contributed by atoms with E-state index in [0.717, 1.165) is 17.7 Å². The predicted molar refractivity (Wildman–Crippen MR) is 65.5 cm³/mol. The molecule has 0 aliphatic carbocycles. The van der Waals surface area contributed by atoms with Crippen LogP contribution in [0, 0.1) is 0 Å². The summed E-state index contributed by atoms with van der Waals surface area (Å²) in [6.45, 7) is 5.25. The van der Waals surface area contributed by atoms with Crippen molar-refractivity contribution in [3.05, 3.63) is 23.4 Å². The summed E-state index contributed by atoms with van der Waals surface area (Å²) >= 11 is 9.22. The van der Waals surface area contributed by atoms with Crippen LogP contribution in [0.2, 0.25) is 5.02 Å². The minimum absolute atomic E-state index is 0.446. The van der Waals surface area contributed by atoms with E-state index >= 15 is 0 Å². The van der Waals surface area contributed by atoms with E-state index in [1.54, 1.807) is 6.20 Å². The van der Waals surface area contributed by atoms with Gasteiger partial charge in [0.05, 0.1) is 5.02 Å². The van der Waals surface area contributed by atoms with E-state index < -0.39 is 0 Å². The second-order valence-electron chi connectivity index (χ2n) is 3.31. The summed E-state index contributed by atoms with van der Waals surface area (Å²) in [4.78, 5) is 6.52. The molecule has 0 aliphatic heterocycles. The van der Waals surface area contributed by atoms with Crippen LogP contribution in [-0.2, 0) is 0 Å². The average Bonchev–Trinajstić information content (AvgIpc) is 2.15. The Bertz CT molecular complexity index is 274. The van der Waals surface area contributed by atoms with Crippen molar-refractivity contribution in [3.63, 3.8) is 0 Å². The monoisotopic (exact) mass is 276 g/mol. The van der Waals surface area contributed by atoms with Crippen LogP contribution in [0.5, 0.6) is 0 Å². The minimum atomic E-state index is 0.446. The summed E-state index contributed by atoms with van der Waals surface area (Å²) in [5.74, 6) is 0.976. The zero-order valence-electron chi connectivity index (χ0n) is 8.37. The molecule has 4 heteroatoms. The maximum atomic E-state index is 5.78. The third-order valence-corrected chi connectivity index (χ3v) is 2.53. The largest absolute Gasteiger partial charge is 0.353 e. The Morgan fingerprint density at radius 2 is 2.21 bits per heavy atom. The topological polar surface area (TPSA) is 16.1 Å². The smallest absolute Gasteiger partial charge is 0.128 e. The number of hydrogen-bond donors (Lipinski definition) is 0. The van der Waals surface area contributed by atoms with Crippen LogP contribution in [0.15, 0.2) is 18.3 Å². The number of pyridine rings is 1. The van der Waals surface area contributed by atoms with Gasteiger partial charge in [0.15, 0.2) is 0 Å². The first-order valence-electron chi connectivity index (χ1n) is 4.59. The highest BCUT2D eigenvalue weighted by molar-refractivity contribution is 9.09. The molecule has 2 nitrogen and oxygen atoms in total. The van der Waals surface area contributed by atoms with Crippen molar-refractivity contribution < 1.29 is 0 Å². The summed E-state index contributed by atoms with van der Waals surface area (Å²) < 4.78 is 0. The van der Waals surface area contributed by atoms with Gasteiger partial charge in [-0.25, -0.2) is 4.98 Å². The average molecular weight is 278 g/mol. The third kappa shape index (κ3) is 3.14. The molecule has 1 aromatic heterocycles. The highest BCUT2D eigenvalue weighted by Crippen LogP contribution is 2.16. The Kier molecular flexibility index (Phi) is 4.69. The lowest BCUT2D eigenvalue weighted by Gasteiger charge is -2.26. The van der Waals surface area contributed by atoms with Gasteiger partial charge in [-0.2, -0.15) is 0 Å². The Morgan fingerprint density at radius 1 is 1.50 bits per heavy atom. The highest BCUT2D eigenvalue weighted by atomic mass is 79.9. The van der Waals surface area contributed by atoms with Gasteiger partial charge in [-0.05, 0) is 26.0 Å². The Balaban J connectivity index is 2.82. The number of alkyl halides is 1. The number of hydrogen-bond acceptors (Lipinski definition) is 2. The van der Waals surface area contributed by atoms with Gasteiger partial charge in [-0.3, -0.25) is 0 Å². The van der Waals surface area contributed by atoms with Gasteiger partial charge in [-0.15, -0.1) is 0 Å². The molecule has 0 atom stereocenters. The van der Waals surface area contributed by atoms with Gasteiger partial charge in [0.2, 0.25) is 0 Å². The lowest BCUT2D eigenvalue weighted by atomic mass is 10.3. The summed E-state index contributed by atoms with van der Waals surface area (Å²) in [6.07, 6.45) is 1.68. The fraction of sp³-hybridized carbons (Fsp3) is 0.500. The maximum Gasteiger partial charge on any atom is 0.128 e. The molecule has 0 spiro atoms. The first-order valence-corrected chi connectivity index (χ1v) is 6.09. The van der Waals surface area contributed by atoms with Crippen LogP contribution in [0.25, 0.3) is 0 Å². The third-order valence-electron chi connectivity index (χ3n) is 1.95. The van der Waals surface area contributed by atoms with Crippen molar-refractivity contribution >= 4 is 33.3 Å². The van der Waals surface area contributed by atoms with Gasteiger partial charge in [0.25, 0.3) is 0 Å². The zero-order valence-corrected chi connectivity index (χ0v) is 10.7. The predicted octanol–water partition coefficient (Wildman–Crippen LogP) is 3.34. The van der Waals surface area contributed by atoms with Gasteiger partial charge in [0, 0.05) is 24.1 Å². The second-order valence-corrected chi connectivity index (χ2v) is 4.54. The molecule has 0 radical (unpaired) electrons. The fourth-order valence-electron chi connectivity index (χ4n) is 1.27. The van der Waals surface area contributed by atoms with E-state index in [4.69, 9.17) is 11.6 Å². The van der Waals surface area contributed by atoms with Crippen LogP contribution < -0.4 is 4.90 Å². The Hall–Kier alpha value is -0.280. The lowest BCUT2D eigenvalue weighted by molar-refractivity contribution is 0.698. The van der Waals surface area contributed by atoms with Crippen molar-refractivity contribution in [2.75, 3.05) is 16.8 Å². The van der Waals surface area contributed by atoms with Crippen molar-refractivity contribution in [1.29, 1.82) is 0 Å². The molecular weight excluding hydrogens is 263 g/mol. The van der Waals surface area contributed by atoms with E-state index in [0.29, 0.717) is 11.1 Å². The van der Waals surface area contributed by atoms with Crippen molar-refractivity contribution in [1.82, 2.24) is 4.98 Å². The van der Waals surface area contributed by atoms with Gasteiger partial charge >= 0.3 is 0 Å². The van der Waals surface area contributed by atoms with E-state index in [2.05, 4.69) is 39.7 Å². The first kappa shape index (κ1) is 11.8. The molecular formula is C10H14BrClN2. The quantitative estimate of drug-likeness (QED) is 0.785. The molecule has 0 N–H and O–H groups in total. The summed E-state index contributed by atoms with van der Waals surface area (Å²) in [5.41, 5.74) is 0. The Labute approximate surface area is 98.4 Å². The van der Waals surface area contributed by atoms with Crippen LogP contribution in [0.1, 0.15) is 13.8 Å². The van der Waals surface area contributed by atoms with E-state index in [9.17, 15) is 0 Å². The molecule has 1 heterocycles. The molecule has 0 bridgehead atoms. The molecule has 1 rings (SSSR count). The lowest BCUT2D eigenvalue weighted by Crippen LogP contribution is -2.33. The van der Waals surface area contributed by atoms with E-state index in [-0.39, 0.29) is 0 Å². The molecule has 78 valence electrons. The van der Waals surface area contributed by atoms with Gasteiger partial charge < -0.3 is 4.90 Å². The van der Waals surface area contributed by atoms with Crippen molar-refractivity contribution in [2.24, 2.45) is 0 Å². The van der Waals surface area contributed by atoms with Crippen LogP contribution in [0.4, 0.5) is 5.82 Å². The van der Waals surface area contributed by atoms with Gasteiger partial charge in [0.1, 0.15) is 5.82 Å². The summed E-state index contributed by atoms with van der Waals surface area (Å²) in [6, 6.07) is 4.26. The molecule has 0 saturated carbocycles. The molecule has 1 aromatic rings. The number of anilines is 1. The molecule has 0 amide bonds. The maximum absolute atomic E-state index is 5.78. The van der Waals surface area contributed by atoms with E-state index in [1.165, 1.54) is 0 Å². The number of rotatable bonds is 4. The first-order chi connectivity index (χ1) is 6.65. The number of aromatic nitrogens is 1. The Morgan fingerprint density at radius 3 is 2.64 bits per heavy atom. The summed E-state index contributed by atoms with van der Waals surface area (Å²) in [7, 11) is 0. The van der Waals surface area contributed by atoms with Crippen LogP contribution in [0.3, 0.4) is 0 Å². The molecule has 0 aromatic carbocycles. The SMILES string of the molecule is CC(C)N(CCBr)c1ccc(Cl)cn1. The van der Waals surface area contributed by atoms with E-state index in [1.807, 2.05) is 12.1 Å². The molecule has 0 unspecified atom stereocenters. The zero-order chi connectivity index (χ0) is 10.6. The highest BCUT2D eigenvalue weighted by Gasteiger charge is 2.10.